The maximum atomic E-state index is 11.2. The number of rotatable bonds is 5. The maximum absolute atomic E-state index is 11.2. The van der Waals surface area contributed by atoms with Crippen molar-refractivity contribution in [1.82, 2.24) is 5.32 Å². The predicted octanol–water partition coefficient (Wildman–Crippen LogP) is 1.87. The third-order valence-corrected chi connectivity index (χ3v) is 8.35. The molecule has 0 unspecified atom stereocenters. The van der Waals surface area contributed by atoms with Crippen molar-refractivity contribution < 1.29 is 19.1 Å². The van der Waals surface area contributed by atoms with E-state index in [9.17, 15) is 4.79 Å². The Balaban J connectivity index is 2.54. The van der Waals surface area contributed by atoms with Crippen molar-refractivity contribution in [2.75, 3.05) is 13.2 Å². The van der Waals surface area contributed by atoms with Crippen LogP contribution in [0.15, 0.2) is 0 Å². The van der Waals surface area contributed by atoms with Gasteiger partial charge >= 0.3 is 6.09 Å². The van der Waals surface area contributed by atoms with Gasteiger partial charge in [-0.15, -0.1) is 0 Å². The molecule has 0 aromatic carbocycles. The van der Waals surface area contributed by atoms with Crippen LogP contribution in [0.3, 0.4) is 0 Å². The number of cyclic esters (lactones) is 1. The summed E-state index contributed by atoms with van der Waals surface area (Å²) >= 11 is 0. The first kappa shape index (κ1) is 15.5. The quantitative estimate of drug-likeness (QED) is 0.752. The summed E-state index contributed by atoms with van der Waals surface area (Å²) in [4.78, 5) is 11.2. The van der Waals surface area contributed by atoms with Gasteiger partial charge in [-0.1, -0.05) is 20.8 Å². The monoisotopic (exact) mass is 275 g/mol. The van der Waals surface area contributed by atoms with Gasteiger partial charge < -0.3 is 19.6 Å². The molecule has 0 radical (unpaired) electrons. The summed E-state index contributed by atoms with van der Waals surface area (Å²) in [6.07, 6.45) is -0.255. The highest BCUT2D eigenvalue weighted by Crippen LogP contribution is 2.36. The van der Waals surface area contributed by atoms with Crippen molar-refractivity contribution in [3.05, 3.63) is 0 Å². The fourth-order valence-corrected chi connectivity index (χ4v) is 2.58. The van der Waals surface area contributed by atoms with Crippen LogP contribution in [0.4, 0.5) is 4.79 Å². The summed E-state index contributed by atoms with van der Waals surface area (Å²) in [7, 11) is -1.82. The molecule has 1 aliphatic rings. The van der Waals surface area contributed by atoms with Crippen LogP contribution in [0.1, 0.15) is 27.2 Å². The molecular formula is C12H25NO4Si. The molecule has 1 amide bonds. The first-order valence-corrected chi connectivity index (χ1v) is 9.30. The lowest BCUT2D eigenvalue weighted by Crippen LogP contribution is -2.46. The highest BCUT2D eigenvalue weighted by molar-refractivity contribution is 6.74. The predicted molar refractivity (Wildman–Crippen MR) is 72.0 cm³/mol. The number of amides is 1. The van der Waals surface area contributed by atoms with Crippen molar-refractivity contribution in [3.63, 3.8) is 0 Å². The lowest BCUT2D eigenvalue weighted by molar-refractivity contribution is 0.0985. The molecule has 0 spiro atoms. The number of aliphatic hydroxyl groups is 1. The average molecular weight is 275 g/mol. The van der Waals surface area contributed by atoms with Crippen molar-refractivity contribution in [2.45, 2.75) is 57.5 Å². The van der Waals surface area contributed by atoms with E-state index in [1.165, 1.54) is 0 Å². The lowest BCUT2D eigenvalue weighted by Gasteiger charge is -2.37. The highest BCUT2D eigenvalue weighted by Gasteiger charge is 2.40. The van der Waals surface area contributed by atoms with Gasteiger partial charge in [0, 0.05) is 13.0 Å². The smallest absolute Gasteiger partial charge is 0.407 e. The van der Waals surface area contributed by atoms with E-state index in [2.05, 4.69) is 39.2 Å². The number of hydrogen-bond donors (Lipinski definition) is 2. The summed E-state index contributed by atoms with van der Waals surface area (Å²) in [6, 6.07) is -0.154. The molecule has 6 heteroatoms. The number of carbonyl (C=O) groups is 1. The van der Waals surface area contributed by atoms with Crippen LogP contribution in [0.25, 0.3) is 0 Å². The van der Waals surface area contributed by atoms with E-state index in [4.69, 9.17) is 14.3 Å². The second-order valence-electron chi connectivity index (χ2n) is 6.28. The molecule has 106 valence electrons. The minimum Gasteiger partial charge on any atom is -0.444 e. The highest BCUT2D eigenvalue weighted by atomic mass is 28.4. The van der Waals surface area contributed by atoms with Crippen LogP contribution in [0.5, 0.6) is 0 Å². The van der Waals surface area contributed by atoms with Crippen LogP contribution in [0.2, 0.25) is 18.1 Å². The summed E-state index contributed by atoms with van der Waals surface area (Å²) in [6.45, 7) is 11.3. The zero-order chi connectivity index (χ0) is 14.0. The summed E-state index contributed by atoms with van der Waals surface area (Å²) < 4.78 is 11.2. The van der Waals surface area contributed by atoms with Crippen molar-refractivity contribution in [3.8, 4) is 0 Å². The SMILES string of the molecule is CC(C)(C)[Si](C)(C)OC[C@H]1NC(=O)O[C@@H]1CCO. The standard InChI is InChI=1S/C12H25NO4Si/c1-12(2,3)18(4,5)16-8-9-10(6-7-14)17-11(15)13-9/h9-10,14H,6-8H2,1-5H3,(H,13,15)/t9-,10-/m1/s1. The van der Waals surface area contributed by atoms with Gasteiger partial charge in [0.2, 0.25) is 0 Å². The number of alkyl carbamates (subject to hydrolysis) is 1. The molecule has 2 N–H and O–H groups in total. The Labute approximate surface area is 110 Å². The van der Waals surface area contributed by atoms with E-state index in [0.717, 1.165) is 0 Å². The van der Waals surface area contributed by atoms with E-state index >= 15 is 0 Å². The Bertz CT molecular complexity index is 301. The largest absolute Gasteiger partial charge is 0.444 e. The van der Waals surface area contributed by atoms with Gasteiger partial charge in [0.25, 0.3) is 0 Å². The Kier molecular flexibility index (Phi) is 4.80. The second kappa shape index (κ2) is 5.58. The summed E-state index contributed by atoms with van der Waals surface area (Å²) in [5.41, 5.74) is 0. The van der Waals surface area contributed by atoms with E-state index in [1.54, 1.807) is 0 Å². The number of carbonyl (C=O) groups excluding carboxylic acids is 1. The fourth-order valence-electron chi connectivity index (χ4n) is 1.55. The van der Waals surface area contributed by atoms with Gasteiger partial charge in [-0.25, -0.2) is 4.79 Å². The maximum Gasteiger partial charge on any atom is 0.407 e. The van der Waals surface area contributed by atoms with E-state index < -0.39 is 14.4 Å². The third-order valence-electron chi connectivity index (χ3n) is 3.85. The van der Waals surface area contributed by atoms with Crippen molar-refractivity contribution in [2.24, 2.45) is 0 Å². The Morgan fingerprint density at radius 2 is 2.06 bits per heavy atom. The summed E-state index contributed by atoms with van der Waals surface area (Å²) in [5.74, 6) is 0. The summed E-state index contributed by atoms with van der Waals surface area (Å²) in [5, 5.41) is 11.8. The molecule has 0 aromatic heterocycles. The van der Waals surface area contributed by atoms with Gasteiger partial charge in [0.15, 0.2) is 8.32 Å². The van der Waals surface area contributed by atoms with E-state index in [-0.39, 0.29) is 23.8 Å². The van der Waals surface area contributed by atoms with Crippen LogP contribution < -0.4 is 5.32 Å². The second-order valence-corrected chi connectivity index (χ2v) is 11.1. The third kappa shape index (κ3) is 3.70. The first-order valence-electron chi connectivity index (χ1n) is 6.39. The molecular weight excluding hydrogens is 250 g/mol. The van der Waals surface area contributed by atoms with Crippen LogP contribution in [-0.2, 0) is 9.16 Å². The number of nitrogens with one attached hydrogen (secondary N) is 1. The van der Waals surface area contributed by atoms with Crippen LogP contribution in [-0.4, -0.2) is 44.9 Å². The molecule has 0 aromatic rings. The molecule has 2 atom stereocenters. The van der Waals surface area contributed by atoms with Crippen LogP contribution >= 0.6 is 0 Å². The van der Waals surface area contributed by atoms with E-state index in [0.29, 0.717) is 13.0 Å². The van der Waals surface area contributed by atoms with Gasteiger partial charge in [-0.3, -0.25) is 0 Å². The van der Waals surface area contributed by atoms with Crippen LogP contribution in [0, 0.1) is 0 Å². The minimum atomic E-state index is -1.82. The zero-order valence-corrected chi connectivity index (χ0v) is 12.9. The normalized spacial score (nSPS) is 24.9. The molecule has 1 saturated heterocycles. The molecule has 0 bridgehead atoms. The topological polar surface area (TPSA) is 67.8 Å². The molecule has 1 heterocycles. The number of aliphatic hydroxyl groups excluding tert-OH is 1. The Hall–Kier alpha value is -0.593. The molecule has 0 saturated carbocycles. The van der Waals surface area contributed by atoms with Gasteiger partial charge in [0.05, 0.1) is 12.6 Å². The first-order chi connectivity index (χ1) is 8.17. The minimum absolute atomic E-state index is 0.0101. The van der Waals surface area contributed by atoms with Crippen molar-refractivity contribution in [1.29, 1.82) is 0 Å². The molecule has 1 aliphatic heterocycles. The fraction of sp³-hybridized carbons (Fsp3) is 0.917. The lowest BCUT2D eigenvalue weighted by atomic mass is 10.1. The molecule has 5 nitrogen and oxygen atoms in total. The van der Waals surface area contributed by atoms with Gasteiger partial charge in [-0.2, -0.15) is 0 Å². The van der Waals surface area contributed by atoms with Gasteiger partial charge in [0.1, 0.15) is 6.10 Å². The molecule has 1 fully saturated rings. The molecule has 18 heavy (non-hydrogen) atoms. The molecule has 0 aliphatic carbocycles. The number of hydrogen-bond acceptors (Lipinski definition) is 4. The Morgan fingerprint density at radius 3 is 2.56 bits per heavy atom. The van der Waals surface area contributed by atoms with Crippen molar-refractivity contribution >= 4 is 14.4 Å². The average Bonchev–Trinajstić information content (AvgIpc) is 2.55. The Morgan fingerprint density at radius 1 is 1.44 bits per heavy atom. The zero-order valence-electron chi connectivity index (χ0n) is 11.9. The van der Waals surface area contributed by atoms with Gasteiger partial charge in [-0.05, 0) is 18.1 Å². The molecule has 1 rings (SSSR count). The van der Waals surface area contributed by atoms with E-state index in [1.807, 2.05) is 0 Å². The number of ether oxygens (including phenoxy) is 1.